The van der Waals surface area contributed by atoms with Gasteiger partial charge in [0.05, 0.1) is 5.41 Å². The van der Waals surface area contributed by atoms with Crippen molar-refractivity contribution in [2.24, 2.45) is 16.0 Å². The molecule has 4 heteroatoms. The summed E-state index contributed by atoms with van der Waals surface area (Å²) < 4.78 is 5.60. The SMILES string of the molecule is CC(C)(CCCCc1cccc(SN)c1)CC(C)(C)C(=O)OC(C)(C)C. The molecule has 0 amide bonds. The fourth-order valence-corrected chi connectivity index (χ4v) is 3.86. The van der Waals surface area contributed by atoms with Crippen molar-refractivity contribution in [2.75, 3.05) is 0 Å². The minimum Gasteiger partial charge on any atom is -0.460 e. The van der Waals surface area contributed by atoms with Crippen LogP contribution in [0, 0.1) is 10.8 Å². The Kier molecular flexibility index (Phi) is 8.22. The number of carbonyl (C=O) groups is 1. The maximum absolute atomic E-state index is 12.5. The van der Waals surface area contributed by atoms with Crippen LogP contribution in [0.1, 0.15) is 79.7 Å². The van der Waals surface area contributed by atoms with E-state index in [9.17, 15) is 4.79 Å². The second-order valence-electron chi connectivity index (χ2n) is 9.70. The maximum Gasteiger partial charge on any atom is 0.312 e. The van der Waals surface area contributed by atoms with Crippen molar-refractivity contribution >= 4 is 17.9 Å². The monoisotopic (exact) mass is 379 g/mol. The van der Waals surface area contributed by atoms with Gasteiger partial charge in [0.2, 0.25) is 0 Å². The van der Waals surface area contributed by atoms with Gasteiger partial charge in [0.15, 0.2) is 0 Å². The summed E-state index contributed by atoms with van der Waals surface area (Å²) in [6, 6.07) is 8.44. The van der Waals surface area contributed by atoms with Gasteiger partial charge in [0.1, 0.15) is 5.60 Å². The number of hydrogen-bond acceptors (Lipinski definition) is 4. The number of unbranched alkanes of at least 4 members (excludes halogenated alkanes) is 1. The van der Waals surface area contributed by atoms with Crippen LogP contribution in [-0.4, -0.2) is 11.6 Å². The Morgan fingerprint density at radius 1 is 1.08 bits per heavy atom. The lowest BCUT2D eigenvalue weighted by Gasteiger charge is -2.35. The summed E-state index contributed by atoms with van der Waals surface area (Å²) in [6.07, 6.45) is 5.30. The number of rotatable bonds is 9. The predicted molar refractivity (Wildman–Crippen MR) is 112 cm³/mol. The zero-order valence-electron chi connectivity index (χ0n) is 17.6. The highest BCUT2D eigenvalue weighted by atomic mass is 32.2. The lowest BCUT2D eigenvalue weighted by Crippen LogP contribution is -2.36. The molecule has 0 saturated carbocycles. The van der Waals surface area contributed by atoms with E-state index >= 15 is 0 Å². The van der Waals surface area contributed by atoms with Crippen molar-refractivity contribution < 1.29 is 9.53 Å². The molecule has 3 nitrogen and oxygen atoms in total. The van der Waals surface area contributed by atoms with E-state index in [1.807, 2.05) is 40.7 Å². The molecule has 1 aromatic rings. The smallest absolute Gasteiger partial charge is 0.312 e. The minimum atomic E-state index is -0.469. The molecule has 0 radical (unpaired) electrons. The van der Waals surface area contributed by atoms with E-state index in [-0.39, 0.29) is 11.4 Å². The summed E-state index contributed by atoms with van der Waals surface area (Å²) in [6.45, 7) is 14.3. The summed E-state index contributed by atoms with van der Waals surface area (Å²) in [4.78, 5) is 13.6. The Labute approximate surface area is 164 Å². The topological polar surface area (TPSA) is 52.3 Å². The van der Waals surface area contributed by atoms with Gasteiger partial charge in [0, 0.05) is 4.90 Å². The quantitative estimate of drug-likeness (QED) is 0.317. The van der Waals surface area contributed by atoms with Gasteiger partial charge in [0.25, 0.3) is 0 Å². The predicted octanol–water partition coefficient (Wildman–Crippen LogP) is 6.15. The van der Waals surface area contributed by atoms with Gasteiger partial charge in [-0.3, -0.25) is 9.93 Å². The van der Waals surface area contributed by atoms with Crippen LogP contribution in [0.2, 0.25) is 0 Å². The first-order valence-corrected chi connectivity index (χ1v) is 10.4. The highest BCUT2D eigenvalue weighted by molar-refractivity contribution is 7.97. The zero-order chi connectivity index (χ0) is 20.0. The molecule has 0 heterocycles. The summed E-state index contributed by atoms with van der Waals surface area (Å²) in [7, 11) is 0. The van der Waals surface area contributed by atoms with Crippen LogP contribution in [0.4, 0.5) is 0 Å². The van der Waals surface area contributed by atoms with Crippen molar-refractivity contribution in [3.8, 4) is 0 Å². The van der Waals surface area contributed by atoms with Gasteiger partial charge in [-0.15, -0.1) is 0 Å². The first kappa shape index (κ1) is 23.0. The Morgan fingerprint density at radius 2 is 1.73 bits per heavy atom. The van der Waals surface area contributed by atoms with Crippen molar-refractivity contribution in [3.63, 3.8) is 0 Å². The average molecular weight is 380 g/mol. The molecule has 0 aliphatic carbocycles. The minimum absolute atomic E-state index is 0.103. The fraction of sp³-hybridized carbons (Fsp3) is 0.682. The Balaban J connectivity index is 2.48. The molecule has 26 heavy (non-hydrogen) atoms. The van der Waals surface area contributed by atoms with Crippen LogP contribution in [0.15, 0.2) is 29.2 Å². The molecule has 0 aliphatic rings. The van der Waals surface area contributed by atoms with Gasteiger partial charge in [-0.1, -0.05) is 32.4 Å². The molecule has 1 aromatic carbocycles. The van der Waals surface area contributed by atoms with Gasteiger partial charge >= 0.3 is 5.97 Å². The second kappa shape index (κ2) is 9.27. The molecule has 0 unspecified atom stereocenters. The van der Waals surface area contributed by atoms with Gasteiger partial charge in [-0.25, -0.2) is 0 Å². The largest absolute Gasteiger partial charge is 0.460 e. The molecule has 0 aromatic heterocycles. The third-order valence-electron chi connectivity index (χ3n) is 4.48. The standard InChI is InChI=1S/C22H37NO2S/c1-20(2,3)25-19(24)22(6,7)16-21(4,5)14-9-8-11-17-12-10-13-18(15-17)26-23/h10,12-13,15H,8-9,11,14,16,23H2,1-7H3. The molecule has 0 spiro atoms. The molecule has 0 fully saturated rings. The summed E-state index contributed by atoms with van der Waals surface area (Å²) in [5.74, 6) is -0.103. The number of nitrogens with two attached hydrogens (primary N) is 1. The van der Waals surface area contributed by atoms with Crippen LogP contribution < -0.4 is 5.14 Å². The Hall–Kier alpha value is -1.00. The van der Waals surface area contributed by atoms with Crippen LogP contribution in [-0.2, 0) is 16.0 Å². The molecule has 0 atom stereocenters. The number of hydrogen-bond donors (Lipinski definition) is 1. The molecule has 2 N–H and O–H groups in total. The van der Waals surface area contributed by atoms with E-state index in [0.29, 0.717) is 0 Å². The fourth-order valence-electron chi connectivity index (χ4n) is 3.48. The first-order valence-electron chi connectivity index (χ1n) is 9.54. The van der Waals surface area contributed by atoms with Gasteiger partial charge in [-0.2, -0.15) is 0 Å². The molecular formula is C22H37NO2S. The summed E-state index contributed by atoms with van der Waals surface area (Å²) in [5.41, 5.74) is 0.542. The van der Waals surface area contributed by atoms with E-state index in [1.54, 1.807) is 0 Å². The van der Waals surface area contributed by atoms with Crippen molar-refractivity contribution in [2.45, 2.75) is 91.1 Å². The number of carbonyl (C=O) groups excluding carboxylic acids is 1. The second-order valence-corrected chi connectivity index (χ2v) is 10.4. The van der Waals surface area contributed by atoms with Gasteiger partial charge < -0.3 is 4.74 Å². The van der Waals surface area contributed by atoms with E-state index in [2.05, 4.69) is 32.0 Å². The highest BCUT2D eigenvalue weighted by Gasteiger charge is 2.37. The van der Waals surface area contributed by atoms with E-state index in [4.69, 9.17) is 9.88 Å². The first-order chi connectivity index (χ1) is 11.8. The maximum atomic E-state index is 12.5. The number of ether oxygens (including phenoxy) is 1. The third kappa shape index (κ3) is 8.59. The zero-order valence-corrected chi connectivity index (χ0v) is 18.5. The third-order valence-corrected chi connectivity index (χ3v) is 5.00. The van der Waals surface area contributed by atoms with Crippen LogP contribution in [0.25, 0.3) is 0 Å². The van der Waals surface area contributed by atoms with Crippen molar-refractivity contribution in [1.82, 2.24) is 0 Å². The molecule has 0 aliphatic heterocycles. The summed E-state index contributed by atoms with van der Waals surface area (Å²) in [5, 5.41) is 5.63. The normalized spacial score (nSPS) is 12.9. The van der Waals surface area contributed by atoms with Crippen LogP contribution in [0.5, 0.6) is 0 Å². The number of esters is 1. The van der Waals surface area contributed by atoms with E-state index in [0.717, 1.165) is 37.0 Å². The van der Waals surface area contributed by atoms with Crippen molar-refractivity contribution in [3.05, 3.63) is 29.8 Å². The molecule has 1 rings (SSSR count). The Bertz CT molecular complexity index is 588. The van der Waals surface area contributed by atoms with Crippen LogP contribution >= 0.6 is 11.9 Å². The van der Waals surface area contributed by atoms with E-state index in [1.165, 1.54) is 17.5 Å². The Morgan fingerprint density at radius 3 is 2.31 bits per heavy atom. The van der Waals surface area contributed by atoms with Crippen LogP contribution in [0.3, 0.4) is 0 Å². The van der Waals surface area contributed by atoms with Gasteiger partial charge in [-0.05, 0) is 95.4 Å². The number of benzene rings is 1. The van der Waals surface area contributed by atoms with Crippen molar-refractivity contribution in [1.29, 1.82) is 0 Å². The lowest BCUT2D eigenvalue weighted by molar-refractivity contribution is -0.167. The average Bonchev–Trinajstić information content (AvgIpc) is 2.49. The number of aryl methyl sites for hydroxylation is 1. The summed E-state index contributed by atoms with van der Waals surface area (Å²) >= 11 is 1.30. The highest BCUT2D eigenvalue weighted by Crippen LogP contribution is 2.39. The lowest BCUT2D eigenvalue weighted by atomic mass is 9.72. The molecule has 148 valence electrons. The molecule has 0 bridgehead atoms. The molecular weight excluding hydrogens is 342 g/mol. The molecule has 0 saturated heterocycles. The van der Waals surface area contributed by atoms with E-state index < -0.39 is 11.0 Å².